The van der Waals surface area contributed by atoms with Crippen LogP contribution < -0.4 is 4.90 Å². The predicted molar refractivity (Wildman–Crippen MR) is 92.8 cm³/mol. The lowest BCUT2D eigenvalue weighted by atomic mass is 10.0. The Kier molecular flexibility index (Phi) is 4.57. The van der Waals surface area contributed by atoms with Crippen LogP contribution in [0.15, 0.2) is 16.9 Å². The molecule has 0 atom stereocenters. The zero-order chi connectivity index (χ0) is 19.1. The summed E-state index contributed by atoms with van der Waals surface area (Å²) in [5.41, 5.74) is 1.24. The molecule has 3 heterocycles. The van der Waals surface area contributed by atoms with Crippen molar-refractivity contribution in [1.82, 2.24) is 19.8 Å². The second-order valence-corrected chi connectivity index (χ2v) is 6.83. The summed E-state index contributed by atoms with van der Waals surface area (Å²) in [6.45, 7) is 8.32. The van der Waals surface area contributed by atoms with Crippen molar-refractivity contribution < 1.29 is 18.8 Å². The van der Waals surface area contributed by atoms with Crippen molar-refractivity contribution in [3.63, 3.8) is 0 Å². The number of urea groups is 1. The third kappa shape index (κ3) is 2.88. The van der Waals surface area contributed by atoms with E-state index < -0.39 is 5.54 Å². The summed E-state index contributed by atoms with van der Waals surface area (Å²) >= 11 is 0. The first-order valence-corrected chi connectivity index (χ1v) is 8.36. The van der Waals surface area contributed by atoms with Gasteiger partial charge in [0.1, 0.15) is 11.3 Å². The number of carbonyl (C=O) groups excluding carboxylic acids is 2. The van der Waals surface area contributed by atoms with Crippen LogP contribution in [0.5, 0.6) is 0 Å². The van der Waals surface area contributed by atoms with Crippen molar-refractivity contribution in [2.24, 2.45) is 0 Å². The highest BCUT2D eigenvalue weighted by atomic mass is 16.5. The number of anilines is 1. The Bertz CT molecular complexity index is 819. The van der Waals surface area contributed by atoms with Crippen LogP contribution >= 0.6 is 0 Å². The minimum absolute atomic E-state index is 0.282. The molecule has 1 aliphatic rings. The van der Waals surface area contributed by atoms with E-state index >= 15 is 0 Å². The fraction of sp³-hybridized carbons (Fsp3) is 0.529. The summed E-state index contributed by atoms with van der Waals surface area (Å²) in [4.78, 5) is 28.3. The lowest BCUT2D eigenvalue weighted by molar-refractivity contribution is -0.123. The Morgan fingerprint density at radius 2 is 2.00 bits per heavy atom. The summed E-state index contributed by atoms with van der Waals surface area (Å²) in [5, 5.41) is 8.20. The molecular weight excluding hydrogens is 338 g/mol. The molecule has 0 N–H and O–H groups in total. The fourth-order valence-electron chi connectivity index (χ4n) is 3.07. The second kappa shape index (κ2) is 6.56. The number of imide groups is 1. The maximum atomic E-state index is 12.8. The molecule has 9 nitrogen and oxygen atoms in total. The van der Waals surface area contributed by atoms with Crippen LogP contribution in [0.25, 0.3) is 0 Å². The van der Waals surface area contributed by atoms with Crippen LogP contribution in [0, 0.1) is 13.8 Å². The van der Waals surface area contributed by atoms with Crippen LogP contribution in [0.2, 0.25) is 0 Å². The van der Waals surface area contributed by atoms with E-state index in [0.29, 0.717) is 25.4 Å². The minimum atomic E-state index is -0.931. The number of amides is 3. The Morgan fingerprint density at radius 3 is 2.62 bits per heavy atom. The molecule has 1 saturated heterocycles. The number of nitrogens with zero attached hydrogens (tertiary/aromatic N) is 5. The number of aromatic nitrogens is 3. The summed E-state index contributed by atoms with van der Waals surface area (Å²) in [5.74, 6) is 0.440. The maximum Gasteiger partial charge on any atom is 0.332 e. The summed E-state index contributed by atoms with van der Waals surface area (Å²) in [7, 11) is 1.56. The first kappa shape index (κ1) is 18.1. The number of methoxy groups -OCH3 is 1. The van der Waals surface area contributed by atoms with Crippen LogP contribution in [-0.2, 0) is 16.1 Å². The van der Waals surface area contributed by atoms with Crippen molar-refractivity contribution in [3.05, 3.63) is 29.4 Å². The Hall–Kier alpha value is -2.68. The van der Waals surface area contributed by atoms with E-state index in [2.05, 4.69) is 10.3 Å². The Balaban J connectivity index is 1.84. The molecule has 0 saturated carbocycles. The molecule has 3 amide bonds. The molecule has 1 aliphatic heterocycles. The first-order valence-electron chi connectivity index (χ1n) is 8.36. The first-order chi connectivity index (χ1) is 12.3. The smallest absolute Gasteiger partial charge is 0.332 e. The van der Waals surface area contributed by atoms with Crippen LogP contribution in [0.1, 0.15) is 30.9 Å². The number of hydrogen-bond acceptors (Lipinski definition) is 6. The Morgan fingerprint density at radius 1 is 1.27 bits per heavy atom. The largest absolute Gasteiger partial charge is 0.383 e. The van der Waals surface area contributed by atoms with E-state index in [1.807, 2.05) is 13.8 Å². The lowest BCUT2D eigenvalue weighted by Crippen LogP contribution is -2.45. The van der Waals surface area contributed by atoms with Crippen molar-refractivity contribution in [2.75, 3.05) is 25.2 Å². The average molecular weight is 361 g/mol. The molecule has 140 valence electrons. The Labute approximate surface area is 151 Å². The monoisotopic (exact) mass is 361 g/mol. The number of hydrogen-bond donors (Lipinski definition) is 0. The van der Waals surface area contributed by atoms with Gasteiger partial charge in [-0.1, -0.05) is 5.16 Å². The molecule has 9 heteroatoms. The zero-order valence-corrected chi connectivity index (χ0v) is 15.6. The maximum absolute atomic E-state index is 12.8. The average Bonchev–Trinajstić information content (AvgIpc) is 3.21. The number of ether oxygens (including phenoxy) is 1. The molecule has 2 aromatic heterocycles. The van der Waals surface area contributed by atoms with Crippen LogP contribution in [0.3, 0.4) is 0 Å². The standard InChI is InChI=1S/C17H23N5O4/c1-11-14(12(2)26-19-11)10-20-9-13(8-18-20)22-15(23)17(3,4)21(16(22)24)6-7-25-5/h8-9H,6-7,10H2,1-5H3. The van der Waals surface area contributed by atoms with Gasteiger partial charge in [-0.2, -0.15) is 5.10 Å². The molecular formula is C17H23N5O4. The molecule has 1 fully saturated rings. The minimum Gasteiger partial charge on any atom is -0.383 e. The summed E-state index contributed by atoms with van der Waals surface area (Å²) < 4.78 is 11.9. The third-order valence-electron chi connectivity index (χ3n) is 4.72. The molecule has 2 aromatic rings. The molecule has 3 rings (SSSR count). The summed E-state index contributed by atoms with van der Waals surface area (Å²) in [6.07, 6.45) is 3.20. The SMILES string of the molecule is COCCN1C(=O)N(c2cnn(Cc3c(C)noc3C)c2)C(=O)C1(C)C. The van der Waals surface area contributed by atoms with Crippen molar-refractivity contribution in [3.8, 4) is 0 Å². The highest BCUT2D eigenvalue weighted by molar-refractivity contribution is 6.22. The van der Waals surface area contributed by atoms with Crippen molar-refractivity contribution >= 4 is 17.6 Å². The van der Waals surface area contributed by atoms with E-state index in [1.165, 1.54) is 16.0 Å². The van der Waals surface area contributed by atoms with Crippen LogP contribution in [0.4, 0.5) is 10.5 Å². The van der Waals surface area contributed by atoms with Gasteiger partial charge in [0.25, 0.3) is 5.91 Å². The van der Waals surface area contributed by atoms with E-state index in [1.54, 1.807) is 31.8 Å². The van der Waals surface area contributed by atoms with Gasteiger partial charge in [0.15, 0.2) is 0 Å². The molecule has 0 aromatic carbocycles. The molecule has 0 unspecified atom stereocenters. The number of aryl methyl sites for hydroxylation is 2. The van der Waals surface area contributed by atoms with Gasteiger partial charge in [-0.25, -0.2) is 9.69 Å². The zero-order valence-electron chi connectivity index (χ0n) is 15.6. The van der Waals surface area contributed by atoms with E-state index in [-0.39, 0.29) is 11.9 Å². The number of carbonyl (C=O) groups is 2. The van der Waals surface area contributed by atoms with Gasteiger partial charge in [0.2, 0.25) is 0 Å². The topological polar surface area (TPSA) is 93.7 Å². The lowest BCUT2D eigenvalue weighted by Gasteiger charge is -2.27. The van der Waals surface area contributed by atoms with Gasteiger partial charge >= 0.3 is 6.03 Å². The van der Waals surface area contributed by atoms with E-state index in [0.717, 1.165) is 17.0 Å². The van der Waals surface area contributed by atoms with Gasteiger partial charge in [-0.05, 0) is 27.7 Å². The van der Waals surface area contributed by atoms with Gasteiger partial charge < -0.3 is 14.2 Å². The van der Waals surface area contributed by atoms with Gasteiger partial charge in [-0.15, -0.1) is 0 Å². The molecule has 0 bridgehead atoms. The normalized spacial score (nSPS) is 16.8. The number of rotatable bonds is 6. The summed E-state index contributed by atoms with van der Waals surface area (Å²) in [6, 6.07) is -0.367. The highest BCUT2D eigenvalue weighted by Crippen LogP contribution is 2.31. The molecule has 0 spiro atoms. The van der Waals surface area contributed by atoms with Gasteiger partial charge in [-0.3, -0.25) is 9.48 Å². The van der Waals surface area contributed by atoms with Crippen LogP contribution in [-0.4, -0.2) is 57.6 Å². The van der Waals surface area contributed by atoms with Gasteiger partial charge in [0, 0.05) is 25.4 Å². The highest BCUT2D eigenvalue weighted by Gasteiger charge is 2.51. The molecule has 0 aliphatic carbocycles. The van der Waals surface area contributed by atoms with E-state index in [9.17, 15) is 9.59 Å². The van der Waals surface area contributed by atoms with Gasteiger partial charge in [0.05, 0.1) is 30.7 Å². The van der Waals surface area contributed by atoms with Crippen molar-refractivity contribution in [1.29, 1.82) is 0 Å². The second-order valence-electron chi connectivity index (χ2n) is 6.83. The quantitative estimate of drug-likeness (QED) is 0.728. The van der Waals surface area contributed by atoms with E-state index in [4.69, 9.17) is 9.26 Å². The molecule has 26 heavy (non-hydrogen) atoms. The fourth-order valence-corrected chi connectivity index (χ4v) is 3.07. The predicted octanol–water partition coefficient (Wildman–Crippen LogP) is 1.73. The third-order valence-corrected chi connectivity index (χ3v) is 4.72. The molecule has 0 radical (unpaired) electrons. The van der Waals surface area contributed by atoms with Crippen molar-refractivity contribution in [2.45, 2.75) is 39.8 Å².